The number of hydrogen-bond donors (Lipinski definition) is 2. The van der Waals surface area contributed by atoms with Gasteiger partial charge in [0.1, 0.15) is 17.3 Å². The molecule has 1 unspecified atom stereocenters. The highest BCUT2D eigenvalue weighted by Crippen LogP contribution is 2.30. The van der Waals surface area contributed by atoms with E-state index in [2.05, 4.69) is 10.6 Å². The van der Waals surface area contributed by atoms with Crippen LogP contribution in [0.3, 0.4) is 0 Å². The van der Waals surface area contributed by atoms with Crippen LogP contribution in [-0.2, 0) is 19.4 Å². The summed E-state index contributed by atoms with van der Waals surface area (Å²) in [6.45, 7) is 3.43. The first-order valence-electron chi connectivity index (χ1n) is 8.85. The Kier molecular flexibility index (Phi) is 5.69. The van der Waals surface area contributed by atoms with E-state index in [1.807, 2.05) is 13.0 Å². The lowest BCUT2D eigenvalue weighted by Crippen LogP contribution is -2.34. The number of nitrogens with one attached hydrogen (secondary N) is 2. The summed E-state index contributed by atoms with van der Waals surface area (Å²) in [5.74, 6) is -2.99. The Labute approximate surface area is 168 Å². The average Bonchev–Trinajstić information content (AvgIpc) is 2.61. The van der Waals surface area contributed by atoms with Crippen molar-refractivity contribution >= 4 is 38.8 Å². The Morgan fingerprint density at radius 3 is 2.62 bits per heavy atom. The highest BCUT2D eigenvalue weighted by atomic mass is 32.2. The molecule has 2 aromatic rings. The van der Waals surface area contributed by atoms with Crippen LogP contribution < -0.4 is 15.4 Å². The first kappa shape index (κ1) is 20.5. The van der Waals surface area contributed by atoms with E-state index in [1.165, 1.54) is 18.2 Å². The monoisotopic (exact) mass is 416 g/mol. The molecule has 2 aromatic carbocycles. The number of ketones is 1. The molecular weight excluding hydrogens is 396 g/mol. The largest absolute Gasteiger partial charge is 0.479 e. The van der Waals surface area contributed by atoms with Crippen molar-refractivity contribution in [2.75, 3.05) is 22.1 Å². The predicted octanol–water partition coefficient (Wildman–Crippen LogP) is 1.95. The molecule has 1 heterocycles. The second-order valence-electron chi connectivity index (χ2n) is 6.83. The molecule has 29 heavy (non-hydrogen) atoms. The molecule has 0 fully saturated rings. The fourth-order valence-electron chi connectivity index (χ4n) is 2.84. The first-order valence-corrected chi connectivity index (χ1v) is 10.7. The number of Topliss-reactive ketones (excluding diaryl/α,β-unsaturated/α-hetero) is 1. The lowest BCUT2D eigenvalue weighted by molar-refractivity contribution is -0.122. The molecule has 0 bridgehead atoms. The highest BCUT2D eigenvalue weighted by Gasteiger charge is 2.26. The molecule has 2 amide bonds. The predicted molar refractivity (Wildman–Crippen MR) is 108 cm³/mol. The number of hydrogen-bond acceptors (Lipinski definition) is 6. The average molecular weight is 416 g/mol. The summed E-state index contributed by atoms with van der Waals surface area (Å²) in [5, 5.41) is 5.11. The summed E-state index contributed by atoms with van der Waals surface area (Å²) >= 11 is 0. The molecule has 0 radical (unpaired) electrons. The molecule has 1 atom stereocenters. The van der Waals surface area contributed by atoms with Gasteiger partial charge in [-0.3, -0.25) is 14.4 Å². The summed E-state index contributed by atoms with van der Waals surface area (Å²) < 4.78 is 30.0. The molecule has 9 heteroatoms. The first-order chi connectivity index (χ1) is 13.6. The number of ether oxygens (including phenoxy) is 1. The van der Waals surface area contributed by atoms with Gasteiger partial charge in [-0.15, -0.1) is 0 Å². The molecule has 8 nitrogen and oxygen atoms in total. The SMILES string of the molecule is Cc1cccc(NC(=O)CS(=O)(=O)CC(=O)c2ccc3c(c2)NC(=O)C(C)O3)c1. The van der Waals surface area contributed by atoms with E-state index < -0.39 is 39.1 Å². The van der Waals surface area contributed by atoms with E-state index >= 15 is 0 Å². The minimum atomic E-state index is -3.98. The van der Waals surface area contributed by atoms with Crippen molar-refractivity contribution in [3.63, 3.8) is 0 Å². The maximum atomic E-state index is 12.4. The van der Waals surface area contributed by atoms with Crippen LogP contribution in [0, 0.1) is 6.92 Å². The number of anilines is 2. The van der Waals surface area contributed by atoms with Crippen LogP contribution in [0.25, 0.3) is 0 Å². The van der Waals surface area contributed by atoms with Crippen LogP contribution in [0.4, 0.5) is 11.4 Å². The maximum Gasteiger partial charge on any atom is 0.265 e. The topological polar surface area (TPSA) is 119 Å². The number of amides is 2. The minimum absolute atomic E-state index is 0.102. The normalized spacial score (nSPS) is 15.7. The Morgan fingerprint density at radius 2 is 1.90 bits per heavy atom. The van der Waals surface area contributed by atoms with Gasteiger partial charge in [-0.25, -0.2) is 8.42 Å². The van der Waals surface area contributed by atoms with Gasteiger partial charge in [-0.2, -0.15) is 0 Å². The minimum Gasteiger partial charge on any atom is -0.479 e. The van der Waals surface area contributed by atoms with E-state index in [4.69, 9.17) is 4.74 Å². The van der Waals surface area contributed by atoms with Crippen molar-refractivity contribution in [3.8, 4) is 5.75 Å². The molecule has 152 valence electrons. The Morgan fingerprint density at radius 1 is 1.14 bits per heavy atom. The second-order valence-corrected chi connectivity index (χ2v) is 8.90. The van der Waals surface area contributed by atoms with Crippen molar-refractivity contribution < 1.29 is 27.5 Å². The number of benzene rings is 2. The zero-order valence-electron chi connectivity index (χ0n) is 15.9. The summed E-state index contributed by atoms with van der Waals surface area (Å²) in [5.41, 5.74) is 1.80. The molecule has 2 N–H and O–H groups in total. The summed E-state index contributed by atoms with van der Waals surface area (Å²) in [7, 11) is -3.98. The molecular formula is C20H20N2O6S. The standard InChI is InChI=1S/C20H20N2O6S/c1-12-4-3-5-15(8-12)21-19(24)11-29(26,27)10-17(23)14-6-7-18-16(9-14)22-20(25)13(2)28-18/h3-9,13H,10-11H2,1-2H3,(H,21,24)(H,22,25). The van der Waals surface area contributed by atoms with Crippen LogP contribution in [-0.4, -0.2) is 43.6 Å². The van der Waals surface area contributed by atoms with E-state index in [1.54, 1.807) is 25.1 Å². The van der Waals surface area contributed by atoms with Crippen molar-refractivity contribution in [2.24, 2.45) is 0 Å². The fourth-order valence-corrected chi connectivity index (χ4v) is 3.98. The number of carbonyl (C=O) groups excluding carboxylic acids is 3. The van der Waals surface area contributed by atoms with Gasteiger partial charge in [-0.1, -0.05) is 12.1 Å². The van der Waals surface area contributed by atoms with Gasteiger partial charge >= 0.3 is 0 Å². The quantitative estimate of drug-likeness (QED) is 0.695. The lowest BCUT2D eigenvalue weighted by Gasteiger charge is -2.23. The molecule has 3 rings (SSSR count). The molecule has 0 saturated carbocycles. The fraction of sp³-hybridized carbons (Fsp3) is 0.250. The molecule has 0 saturated heterocycles. The third kappa shape index (κ3) is 5.20. The molecule has 0 aromatic heterocycles. The number of sulfone groups is 1. The number of rotatable bonds is 6. The summed E-state index contributed by atoms with van der Waals surface area (Å²) in [4.78, 5) is 36.2. The van der Waals surface area contributed by atoms with Crippen LogP contribution in [0.15, 0.2) is 42.5 Å². The van der Waals surface area contributed by atoms with E-state index in [0.717, 1.165) is 5.56 Å². The molecule has 1 aliphatic rings. The third-order valence-corrected chi connectivity index (χ3v) is 5.64. The second kappa shape index (κ2) is 8.04. The molecule has 0 aliphatic carbocycles. The van der Waals surface area contributed by atoms with Crippen molar-refractivity contribution in [3.05, 3.63) is 53.6 Å². The number of carbonyl (C=O) groups is 3. The van der Waals surface area contributed by atoms with Gasteiger partial charge in [0.2, 0.25) is 5.91 Å². The van der Waals surface area contributed by atoms with E-state index in [0.29, 0.717) is 17.1 Å². The smallest absolute Gasteiger partial charge is 0.265 e. The Bertz CT molecular complexity index is 1090. The summed E-state index contributed by atoms with van der Waals surface area (Å²) in [6.07, 6.45) is -0.656. The summed E-state index contributed by atoms with van der Waals surface area (Å²) in [6, 6.07) is 11.2. The van der Waals surface area contributed by atoms with E-state index in [9.17, 15) is 22.8 Å². The highest BCUT2D eigenvalue weighted by molar-refractivity contribution is 7.92. The van der Waals surface area contributed by atoms with Gasteiger partial charge < -0.3 is 15.4 Å². The third-order valence-electron chi connectivity index (χ3n) is 4.24. The van der Waals surface area contributed by atoms with Crippen LogP contribution in [0.1, 0.15) is 22.8 Å². The molecule has 0 spiro atoms. The van der Waals surface area contributed by atoms with Crippen LogP contribution in [0.2, 0.25) is 0 Å². The maximum absolute atomic E-state index is 12.4. The van der Waals surface area contributed by atoms with E-state index in [-0.39, 0.29) is 11.5 Å². The Hall–Kier alpha value is -3.20. The Balaban J connectivity index is 1.65. The van der Waals surface area contributed by atoms with Crippen molar-refractivity contribution in [2.45, 2.75) is 20.0 Å². The lowest BCUT2D eigenvalue weighted by atomic mass is 10.1. The van der Waals surface area contributed by atoms with Crippen molar-refractivity contribution in [1.29, 1.82) is 0 Å². The number of aryl methyl sites for hydroxylation is 1. The van der Waals surface area contributed by atoms with Crippen LogP contribution >= 0.6 is 0 Å². The zero-order valence-corrected chi connectivity index (χ0v) is 16.7. The molecule has 1 aliphatic heterocycles. The van der Waals surface area contributed by atoms with Gasteiger partial charge in [0.15, 0.2) is 21.7 Å². The van der Waals surface area contributed by atoms with Gasteiger partial charge in [-0.05, 0) is 49.7 Å². The van der Waals surface area contributed by atoms with Gasteiger partial charge in [0.05, 0.1) is 5.69 Å². The number of fused-ring (bicyclic) bond motifs is 1. The van der Waals surface area contributed by atoms with Gasteiger partial charge in [0.25, 0.3) is 5.91 Å². The van der Waals surface area contributed by atoms with Gasteiger partial charge in [0, 0.05) is 11.3 Å². The van der Waals surface area contributed by atoms with Crippen molar-refractivity contribution in [1.82, 2.24) is 0 Å². The van der Waals surface area contributed by atoms with Crippen LogP contribution in [0.5, 0.6) is 5.75 Å². The zero-order chi connectivity index (χ0) is 21.2.